The van der Waals surface area contributed by atoms with Crippen LogP contribution in [0.3, 0.4) is 0 Å². The summed E-state index contributed by atoms with van der Waals surface area (Å²) in [4.78, 5) is 23.0. The zero-order chi connectivity index (χ0) is 23.9. The highest BCUT2D eigenvalue weighted by Crippen LogP contribution is 2.33. The van der Waals surface area contributed by atoms with Crippen LogP contribution in [0.4, 0.5) is 0 Å². The quantitative estimate of drug-likeness (QED) is 0.315. The van der Waals surface area contributed by atoms with Crippen LogP contribution in [0.2, 0.25) is 0 Å². The van der Waals surface area contributed by atoms with Gasteiger partial charge < -0.3 is 15.0 Å². The lowest BCUT2D eigenvalue weighted by Crippen LogP contribution is -2.34. The second kappa shape index (κ2) is 8.81. The van der Waals surface area contributed by atoms with Crippen molar-refractivity contribution in [3.05, 3.63) is 60.5 Å². The second-order valence-corrected chi connectivity index (χ2v) is 9.73. The summed E-state index contributed by atoms with van der Waals surface area (Å²) in [5.74, 6) is 1.44. The molecule has 6 aromatic rings. The number of fused-ring (bicyclic) bond motifs is 2. The Morgan fingerprint density at radius 3 is 2.81 bits per heavy atom. The van der Waals surface area contributed by atoms with Crippen LogP contribution in [0.15, 0.2) is 60.5 Å². The molecule has 0 saturated carbocycles. The molecular formula is C26H22N8OS. The van der Waals surface area contributed by atoms with Crippen molar-refractivity contribution < 1.29 is 4.74 Å². The lowest BCUT2D eigenvalue weighted by molar-refractivity contribution is 0.162. The first-order valence-electron chi connectivity index (χ1n) is 11.9. The van der Waals surface area contributed by atoms with Gasteiger partial charge in [-0.3, -0.25) is 20.1 Å². The van der Waals surface area contributed by atoms with Crippen molar-refractivity contribution in [3.63, 3.8) is 0 Å². The number of hydrogen-bond acceptors (Lipinski definition) is 8. The van der Waals surface area contributed by atoms with E-state index in [-0.39, 0.29) is 6.10 Å². The van der Waals surface area contributed by atoms with Crippen LogP contribution in [0.25, 0.3) is 55.3 Å². The van der Waals surface area contributed by atoms with Gasteiger partial charge in [0, 0.05) is 23.3 Å². The van der Waals surface area contributed by atoms with Crippen molar-refractivity contribution in [1.82, 2.24) is 40.4 Å². The molecule has 0 amide bonds. The summed E-state index contributed by atoms with van der Waals surface area (Å²) in [5, 5.41) is 14.0. The van der Waals surface area contributed by atoms with Gasteiger partial charge in [0.2, 0.25) is 0 Å². The van der Waals surface area contributed by atoms with E-state index in [4.69, 9.17) is 9.72 Å². The Morgan fingerprint density at radius 2 is 1.92 bits per heavy atom. The van der Waals surface area contributed by atoms with Crippen LogP contribution in [-0.4, -0.2) is 54.3 Å². The van der Waals surface area contributed by atoms with E-state index >= 15 is 0 Å². The summed E-state index contributed by atoms with van der Waals surface area (Å²) in [6.07, 6.45) is 9.37. The number of pyridine rings is 3. The first-order chi connectivity index (χ1) is 17.8. The molecule has 36 heavy (non-hydrogen) atoms. The fourth-order valence-electron chi connectivity index (χ4n) is 4.63. The standard InChI is InChI=1S/C26H22N8OS/c1-2-22(36-9-1)25-24-19(5-8-29-25)31-26(32-24)23-18-11-20(30-14-21(18)33-34-23)15-10-17(13-28-12-15)35-16-3-6-27-7-4-16/h1-2,5,8-14,16,27H,3-4,6-7H2,(H,31,32)(H,33,34). The van der Waals surface area contributed by atoms with Gasteiger partial charge in [-0.2, -0.15) is 5.10 Å². The molecule has 1 aliphatic rings. The van der Waals surface area contributed by atoms with Crippen LogP contribution in [0.5, 0.6) is 5.75 Å². The average molecular weight is 495 g/mol. The van der Waals surface area contributed by atoms with E-state index in [1.165, 1.54) is 0 Å². The minimum atomic E-state index is 0.209. The number of H-pyrrole nitrogens is 2. The van der Waals surface area contributed by atoms with Crippen LogP contribution < -0.4 is 10.1 Å². The Bertz CT molecular complexity index is 1670. The summed E-state index contributed by atoms with van der Waals surface area (Å²) >= 11 is 1.65. The number of piperidine rings is 1. The Hall–Kier alpha value is -4.15. The summed E-state index contributed by atoms with van der Waals surface area (Å²) in [5.41, 5.74) is 5.87. The number of rotatable bonds is 5. The van der Waals surface area contributed by atoms with E-state index in [2.05, 4.69) is 41.5 Å². The number of hydrogen-bond donors (Lipinski definition) is 3. The topological polar surface area (TPSA) is 117 Å². The molecule has 0 aliphatic carbocycles. The molecular weight excluding hydrogens is 472 g/mol. The molecule has 0 unspecified atom stereocenters. The lowest BCUT2D eigenvalue weighted by Gasteiger charge is -2.23. The van der Waals surface area contributed by atoms with Crippen LogP contribution in [0.1, 0.15) is 12.8 Å². The number of aromatic nitrogens is 7. The van der Waals surface area contributed by atoms with Crippen molar-refractivity contribution in [1.29, 1.82) is 0 Å². The summed E-state index contributed by atoms with van der Waals surface area (Å²) < 4.78 is 6.19. The number of nitrogens with zero attached hydrogens (tertiary/aromatic N) is 5. The van der Waals surface area contributed by atoms with Crippen LogP contribution >= 0.6 is 11.3 Å². The van der Waals surface area contributed by atoms with Gasteiger partial charge >= 0.3 is 0 Å². The first-order valence-corrected chi connectivity index (χ1v) is 12.8. The highest BCUT2D eigenvalue weighted by atomic mass is 32.1. The molecule has 0 spiro atoms. The van der Waals surface area contributed by atoms with Gasteiger partial charge in [0.05, 0.1) is 34.0 Å². The molecule has 7 heterocycles. The van der Waals surface area contributed by atoms with E-state index in [0.717, 1.165) is 81.1 Å². The van der Waals surface area contributed by atoms with Crippen molar-refractivity contribution in [2.75, 3.05) is 13.1 Å². The molecule has 1 aliphatic heterocycles. The highest BCUT2D eigenvalue weighted by Gasteiger charge is 2.18. The van der Waals surface area contributed by atoms with Crippen LogP contribution in [-0.2, 0) is 0 Å². The Balaban J connectivity index is 1.26. The second-order valence-electron chi connectivity index (χ2n) is 8.78. The number of ether oxygens (including phenoxy) is 1. The van der Waals surface area contributed by atoms with Gasteiger partial charge in [0.15, 0.2) is 5.82 Å². The first kappa shape index (κ1) is 21.2. The third kappa shape index (κ3) is 3.80. The van der Waals surface area contributed by atoms with Gasteiger partial charge in [-0.1, -0.05) is 6.07 Å². The molecule has 178 valence electrons. The minimum Gasteiger partial charge on any atom is -0.489 e. The van der Waals surface area contributed by atoms with Crippen LogP contribution in [0, 0.1) is 0 Å². The smallest absolute Gasteiger partial charge is 0.159 e. The maximum atomic E-state index is 6.19. The van der Waals surface area contributed by atoms with E-state index in [9.17, 15) is 0 Å². The molecule has 0 atom stereocenters. The Morgan fingerprint density at radius 1 is 0.972 bits per heavy atom. The van der Waals surface area contributed by atoms with E-state index in [1.807, 2.05) is 35.8 Å². The number of aromatic amines is 2. The van der Waals surface area contributed by atoms with Gasteiger partial charge in [-0.25, -0.2) is 4.98 Å². The van der Waals surface area contributed by atoms with Gasteiger partial charge in [-0.15, -0.1) is 11.3 Å². The molecule has 7 rings (SSSR count). The Labute approximate surface area is 210 Å². The largest absolute Gasteiger partial charge is 0.489 e. The van der Waals surface area contributed by atoms with Crippen molar-refractivity contribution in [2.24, 2.45) is 0 Å². The minimum absolute atomic E-state index is 0.209. The fraction of sp³-hybridized carbons (Fsp3) is 0.192. The zero-order valence-electron chi connectivity index (χ0n) is 19.2. The SMILES string of the molecule is c1csc(-c2nccc3[nH]c(-c4n[nH]c5cnc(-c6cncc(OC7CCNCC7)c6)cc45)nc23)c1. The summed E-state index contributed by atoms with van der Waals surface area (Å²) in [6, 6.07) is 10.0. The number of nitrogens with one attached hydrogen (secondary N) is 3. The molecule has 6 aromatic heterocycles. The summed E-state index contributed by atoms with van der Waals surface area (Å²) in [6.45, 7) is 1.96. The normalized spacial score (nSPS) is 14.6. The van der Waals surface area contributed by atoms with E-state index in [0.29, 0.717) is 5.82 Å². The predicted octanol–water partition coefficient (Wildman–Crippen LogP) is 4.82. The van der Waals surface area contributed by atoms with Gasteiger partial charge in [0.25, 0.3) is 0 Å². The molecule has 0 aromatic carbocycles. The number of thiophene rings is 1. The predicted molar refractivity (Wildman–Crippen MR) is 140 cm³/mol. The number of imidazole rings is 1. The third-order valence-electron chi connectivity index (χ3n) is 6.42. The maximum absolute atomic E-state index is 6.19. The van der Waals surface area contributed by atoms with E-state index in [1.54, 1.807) is 29.9 Å². The summed E-state index contributed by atoms with van der Waals surface area (Å²) in [7, 11) is 0. The van der Waals surface area contributed by atoms with Crippen molar-refractivity contribution in [3.8, 4) is 39.1 Å². The molecule has 10 heteroatoms. The monoisotopic (exact) mass is 494 g/mol. The zero-order valence-corrected chi connectivity index (χ0v) is 20.0. The van der Waals surface area contributed by atoms with Gasteiger partial charge in [-0.05, 0) is 55.6 Å². The van der Waals surface area contributed by atoms with E-state index < -0.39 is 0 Å². The maximum Gasteiger partial charge on any atom is 0.159 e. The highest BCUT2D eigenvalue weighted by molar-refractivity contribution is 7.13. The van der Waals surface area contributed by atoms with Crippen molar-refractivity contribution in [2.45, 2.75) is 18.9 Å². The molecule has 9 nitrogen and oxygen atoms in total. The molecule has 1 fully saturated rings. The fourth-order valence-corrected chi connectivity index (χ4v) is 5.35. The lowest BCUT2D eigenvalue weighted by atomic mass is 10.1. The molecule has 1 saturated heterocycles. The molecule has 0 bridgehead atoms. The van der Waals surface area contributed by atoms with Gasteiger partial charge in [0.1, 0.15) is 28.8 Å². The molecule has 3 N–H and O–H groups in total. The third-order valence-corrected chi connectivity index (χ3v) is 7.30. The molecule has 0 radical (unpaired) electrons. The Kier molecular flexibility index (Phi) is 5.18. The average Bonchev–Trinajstić information content (AvgIpc) is 3.68. The van der Waals surface area contributed by atoms with Crippen molar-refractivity contribution >= 4 is 33.3 Å².